The molecule has 10 heteroatoms. The van der Waals surface area contributed by atoms with Gasteiger partial charge in [-0.3, -0.25) is 4.79 Å². The number of ether oxygens (including phenoxy) is 1. The highest BCUT2D eigenvalue weighted by Crippen LogP contribution is 2.30. The number of hydrogen-bond acceptors (Lipinski definition) is 6. The quantitative estimate of drug-likeness (QED) is 0.904. The molecule has 0 aliphatic carbocycles. The van der Waals surface area contributed by atoms with Gasteiger partial charge in [0.05, 0.1) is 19.1 Å². The Labute approximate surface area is 110 Å². The fraction of sp³-hybridized carbons (Fsp3) is 0.667. The molecule has 0 amide bonds. The van der Waals surface area contributed by atoms with Crippen molar-refractivity contribution in [3.63, 3.8) is 0 Å². The predicted octanol–water partition coefficient (Wildman–Crippen LogP) is 1.24. The minimum atomic E-state index is -4.57. The first kappa shape index (κ1) is 14.0. The van der Waals surface area contributed by atoms with E-state index < -0.39 is 24.1 Å². The summed E-state index contributed by atoms with van der Waals surface area (Å²) in [4.78, 5) is 15.6. The molecule has 6 nitrogen and oxygen atoms in total. The van der Waals surface area contributed by atoms with E-state index >= 15 is 0 Å². The zero-order valence-corrected chi connectivity index (χ0v) is 10.4. The van der Waals surface area contributed by atoms with Gasteiger partial charge < -0.3 is 14.7 Å². The molecule has 1 atom stereocenters. The molecule has 0 bridgehead atoms. The van der Waals surface area contributed by atoms with E-state index in [4.69, 9.17) is 9.84 Å². The summed E-state index contributed by atoms with van der Waals surface area (Å²) >= 11 is 0.646. The SMILES string of the molecule is O=C(O)CC1CN(c2nc(C(F)(F)F)ns2)CCO1. The number of alkyl halides is 3. The first-order chi connectivity index (χ1) is 8.86. The van der Waals surface area contributed by atoms with E-state index in [-0.39, 0.29) is 24.7 Å². The summed E-state index contributed by atoms with van der Waals surface area (Å²) in [5.74, 6) is -2.19. The van der Waals surface area contributed by atoms with Crippen molar-refractivity contribution in [2.75, 3.05) is 24.6 Å². The highest BCUT2D eigenvalue weighted by molar-refractivity contribution is 7.09. The van der Waals surface area contributed by atoms with Gasteiger partial charge in [0, 0.05) is 24.6 Å². The van der Waals surface area contributed by atoms with Crippen LogP contribution in [-0.4, -0.2) is 46.2 Å². The maximum Gasteiger partial charge on any atom is 0.452 e. The van der Waals surface area contributed by atoms with Crippen molar-refractivity contribution in [1.82, 2.24) is 9.36 Å². The number of carboxylic acid groups (broad SMARTS) is 1. The molecule has 0 aromatic carbocycles. The molecule has 1 saturated heterocycles. The fourth-order valence-corrected chi connectivity index (χ4v) is 2.39. The van der Waals surface area contributed by atoms with Crippen LogP contribution in [0.1, 0.15) is 12.2 Å². The minimum Gasteiger partial charge on any atom is -0.481 e. The topological polar surface area (TPSA) is 75.5 Å². The van der Waals surface area contributed by atoms with Gasteiger partial charge in [-0.25, -0.2) is 0 Å². The Morgan fingerprint density at radius 3 is 2.89 bits per heavy atom. The third kappa shape index (κ3) is 3.53. The summed E-state index contributed by atoms with van der Waals surface area (Å²) < 4.78 is 45.6. The van der Waals surface area contributed by atoms with Crippen LogP contribution in [-0.2, 0) is 15.7 Å². The number of halogens is 3. The van der Waals surface area contributed by atoms with Gasteiger partial charge in [0.25, 0.3) is 0 Å². The maximum atomic E-state index is 12.4. The molecule has 2 rings (SSSR count). The number of carbonyl (C=O) groups is 1. The Morgan fingerprint density at radius 1 is 1.58 bits per heavy atom. The lowest BCUT2D eigenvalue weighted by Crippen LogP contribution is -2.43. The number of rotatable bonds is 3. The lowest BCUT2D eigenvalue weighted by atomic mass is 10.2. The smallest absolute Gasteiger partial charge is 0.452 e. The molecule has 1 aromatic rings. The summed E-state index contributed by atoms with van der Waals surface area (Å²) in [5, 5.41) is 8.79. The average molecular weight is 297 g/mol. The van der Waals surface area contributed by atoms with Crippen LogP contribution < -0.4 is 4.90 Å². The number of nitrogens with zero attached hydrogens (tertiary/aromatic N) is 3. The highest BCUT2D eigenvalue weighted by atomic mass is 32.1. The molecule has 19 heavy (non-hydrogen) atoms. The molecule has 0 spiro atoms. The molecule has 2 heterocycles. The molecule has 1 N–H and O–H groups in total. The first-order valence-corrected chi connectivity index (χ1v) is 6.13. The summed E-state index contributed by atoms with van der Waals surface area (Å²) in [6.07, 6.45) is -5.31. The number of aliphatic carboxylic acids is 1. The fourth-order valence-electron chi connectivity index (χ4n) is 1.67. The van der Waals surface area contributed by atoms with Crippen LogP contribution in [0.2, 0.25) is 0 Å². The van der Waals surface area contributed by atoms with Crippen LogP contribution in [0.3, 0.4) is 0 Å². The van der Waals surface area contributed by atoms with Gasteiger partial charge in [0.1, 0.15) is 0 Å². The van der Waals surface area contributed by atoms with E-state index in [0.717, 1.165) is 0 Å². The van der Waals surface area contributed by atoms with Crippen LogP contribution in [0.25, 0.3) is 0 Å². The van der Waals surface area contributed by atoms with Gasteiger partial charge in [-0.05, 0) is 0 Å². The van der Waals surface area contributed by atoms with Crippen LogP contribution in [0.5, 0.6) is 0 Å². The zero-order valence-electron chi connectivity index (χ0n) is 9.55. The third-order valence-corrected chi connectivity index (χ3v) is 3.26. The van der Waals surface area contributed by atoms with Gasteiger partial charge in [-0.1, -0.05) is 0 Å². The highest BCUT2D eigenvalue weighted by Gasteiger charge is 2.37. The average Bonchev–Trinajstić information content (AvgIpc) is 2.77. The summed E-state index contributed by atoms with van der Waals surface area (Å²) in [6, 6.07) is 0. The van der Waals surface area contributed by atoms with E-state index in [2.05, 4.69) is 9.36 Å². The van der Waals surface area contributed by atoms with Gasteiger partial charge in [-0.2, -0.15) is 22.5 Å². The van der Waals surface area contributed by atoms with Crippen molar-refractivity contribution in [3.8, 4) is 0 Å². The van der Waals surface area contributed by atoms with E-state index in [9.17, 15) is 18.0 Å². The third-order valence-electron chi connectivity index (χ3n) is 2.48. The minimum absolute atomic E-state index is 0.131. The van der Waals surface area contributed by atoms with E-state index in [1.54, 1.807) is 4.90 Å². The summed E-state index contributed by atoms with van der Waals surface area (Å²) in [5.41, 5.74) is 0. The summed E-state index contributed by atoms with van der Waals surface area (Å²) in [6.45, 7) is 0.806. The van der Waals surface area contributed by atoms with Gasteiger partial charge >= 0.3 is 12.1 Å². The molecule has 106 valence electrons. The van der Waals surface area contributed by atoms with Crippen molar-refractivity contribution in [2.24, 2.45) is 0 Å². The van der Waals surface area contributed by atoms with Gasteiger partial charge in [0.15, 0.2) is 0 Å². The first-order valence-electron chi connectivity index (χ1n) is 5.35. The Balaban J connectivity index is 2.05. The summed E-state index contributed by atoms with van der Waals surface area (Å²) in [7, 11) is 0. The number of aromatic nitrogens is 2. The molecule has 0 radical (unpaired) electrons. The second-order valence-electron chi connectivity index (χ2n) is 3.93. The molecular formula is C9H10F3N3O3S. The second kappa shape index (κ2) is 5.29. The standard InChI is InChI=1S/C9H10F3N3O3S/c10-9(11,12)7-13-8(19-14-7)15-1-2-18-5(4-15)3-6(16)17/h5H,1-4H2,(H,16,17). The van der Waals surface area contributed by atoms with E-state index in [1.165, 1.54) is 0 Å². The molecule has 1 unspecified atom stereocenters. The number of morpholine rings is 1. The Kier molecular flexibility index (Phi) is 3.90. The van der Waals surface area contributed by atoms with Crippen LogP contribution in [0.15, 0.2) is 0 Å². The molecular weight excluding hydrogens is 287 g/mol. The monoisotopic (exact) mass is 297 g/mol. The number of anilines is 1. The predicted molar refractivity (Wildman–Crippen MR) is 59.1 cm³/mol. The van der Waals surface area contributed by atoms with Crippen LogP contribution in [0, 0.1) is 0 Å². The normalized spacial score (nSPS) is 20.6. The van der Waals surface area contributed by atoms with Crippen LogP contribution in [0.4, 0.5) is 18.3 Å². The van der Waals surface area contributed by atoms with Crippen molar-refractivity contribution < 1.29 is 27.8 Å². The Hall–Kier alpha value is -1.42. The second-order valence-corrected chi connectivity index (χ2v) is 4.67. The Morgan fingerprint density at radius 2 is 2.32 bits per heavy atom. The largest absolute Gasteiger partial charge is 0.481 e. The molecule has 0 saturated carbocycles. The Bertz CT molecular complexity index is 465. The molecule has 1 aliphatic heterocycles. The van der Waals surface area contributed by atoms with Gasteiger partial charge in [0.2, 0.25) is 11.0 Å². The van der Waals surface area contributed by atoms with Crippen molar-refractivity contribution in [2.45, 2.75) is 18.7 Å². The van der Waals surface area contributed by atoms with E-state index in [0.29, 0.717) is 18.1 Å². The lowest BCUT2D eigenvalue weighted by Gasteiger charge is -2.31. The van der Waals surface area contributed by atoms with Gasteiger partial charge in [-0.15, -0.1) is 0 Å². The van der Waals surface area contributed by atoms with Crippen molar-refractivity contribution in [1.29, 1.82) is 0 Å². The maximum absolute atomic E-state index is 12.4. The zero-order chi connectivity index (χ0) is 14.0. The van der Waals surface area contributed by atoms with Crippen molar-refractivity contribution >= 4 is 22.6 Å². The van der Waals surface area contributed by atoms with Crippen molar-refractivity contribution in [3.05, 3.63) is 5.82 Å². The molecule has 1 aromatic heterocycles. The molecule has 1 fully saturated rings. The van der Waals surface area contributed by atoms with E-state index in [1.807, 2.05) is 0 Å². The number of carboxylic acids is 1. The number of hydrogen-bond donors (Lipinski definition) is 1. The molecule has 1 aliphatic rings. The van der Waals surface area contributed by atoms with Crippen LogP contribution >= 0.6 is 11.5 Å². The lowest BCUT2D eigenvalue weighted by molar-refractivity contribution is -0.144.